The molecule has 0 saturated carbocycles. The van der Waals surface area contributed by atoms with Crippen molar-refractivity contribution in [2.24, 2.45) is 0 Å². The zero-order chi connectivity index (χ0) is 9.97. The molecule has 0 bridgehead atoms. The quantitative estimate of drug-likeness (QED) is 0.690. The van der Waals surface area contributed by atoms with E-state index in [0.29, 0.717) is 5.82 Å². The molecule has 4 nitrogen and oxygen atoms in total. The molecule has 1 aliphatic heterocycles. The molecule has 2 heterocycles. The number of Topliss-reactive ketones (excluding diaryl/α,β-unsaturated/α-hetero) is 1. The van der Waals surface area contributed by atoms with E-state index in [1.54, 1.807) is 6.20 Å². The molecule has 1 aromatic heterocycles. The maximum absolute atomic E-state index is 11.9. The molecule has 0 aromatic carbocycles. The lowest BCUT2D eigenvalue weighted by Crippen LogP contribution is -2.40. The Bertz CT molecular complexity index is 326. The molecular formula is C10H15N3O. The summed E-state index contributed by atoms with van der Waals surface area (Å²) in [6.45, 7) is 2.84. The van der Waals surface area contributed by atoms with Crippen molar-refractivity contribution >= 4 is 5.78 Å². The van der Waals surface area contributed by atoms with Crippen molar-refractivity contribution in [2.75, 3.05) is 6.54 Å². The summed E-state index contributed by atoms with van der Waals surface area (Å²) in [6, 6.07) is -0.0331. The Morgan fingerprint density at radius 1 is 1.57 bits per heavy atom. The zero-order valence-electron chi connectivity index (χ0n) is 8.34. The smallest absolute Gasteiger partial charge is 0.214 e. The van der Waals surface area contributed by atoms with Gasteiger partial charge in [-0.05, 0) is 26.3 Å². The van der Waals surface area contributed by atoms with E-state index in [0.717, 1.165) is 25.1 Å². The van der Waals surface area contributed by atoms with Crippen LogP contribution in [0.3, 0.4) is 0 Å². The van der Waals surface area contributed by atoms with Gasteiger partial charge in [-0.3, -0.25) is 4.79 Å². The number of H-pyrrole nitrogens is 1. The van der Waals surface area contributed by atoms with Crippen molar-refractivity contribution in [1.29, 1.82) is 0 Å². The van der Waals surface area contributed by atoms with Gasteiger partial charge in [0, 0.05) is 11.9 Å². The topological polar surface area (TPSA) is 57.8 Å². The van der Waals surface area contributed by atoms with E-state index in [-0.39, 0.29) is 11.8 Å². The molecule has 1 fully saturated rings. The van der Waals surface area contributed by atoms with Gasteiger partial charge in [0.2, 0.25) is 5.78 Å². The van der Waals surface area contributed by atoms with E-state index in [1.807, 2.05) is 6.92 Å². The van der Waals surface area contributed by atoms with Gasteiger partial charge in [-0.15, -0.1) is 0 Å². The lowest BCUT2D eigenvalue weighted by atomic mass is 10.0. The number of nitrogens with one attached hydrogen (secondary N) is 2. The predicted molar refractivity (Wildman–Crippen MR) is 53.3 cm³/mol. The molecule has 1 saturated heterocycles. The second-order valence-electron chi connectivity index (χ2n) is 3.78. The number of hydrogen-bond acceptors (Lipinski definition) is 3. The van der Waals surface area contributed by atoms with Crippen molar-refractivity contribution in [3.63, 3.8) is 0 Å². The lowest BCUT2D eigenvalue weighted by molar-refractivity contribution is 0.0917. The number of piperidine rings is 1. The molecule has 4 heteroatoms. The van der Waals surface area contributed by atoms with Crippen LogP contribution in [0.4, 0.5) is 0 Å². The van der Waals surface area contributed by atoms with E-state index in [1.165, 1.54) is 6.42 Å². The minimum absolute atomic E-state index is 0.0331. The van der Waals surface area contributed by atoms with Gasteiger partial charge in [-0.25, -0.2) is 4.98 Å². The second-order valence-corrected chi connectivity index (χ2v) is 3.78. The molecule has 1 aromatic rings. The minimum atomic E-state index is -0.0331. The van der Waals surface area contributed by atoms with Crippen LogP contribution in [0.5, 0.6) is 0 Å². The van der Waals surface area contributed by atoms with E-state index >= 15 is 0 Å². The number of imidazole rings is 1. The Kier molecular flexibility index (Phi) is 2.63. The molecule has 0 amide bonds. The fraction of sp³-hybridized carbons (Fsp3) is 0.600. The maximum Gasteiger partial charge on any atom is 0.214 e. The molecule has 76 valence electrons. The van der Waals surface area contributed by atoms with Crippen LogP contribution in [0.25, 0.3) is 0 Å². The fourth-order valence-corrected chi connectivity index (χ4v) is 1.78. The van der Waals surface area contributed by atoms with Crippen LogP contribution in [0.15, 0.2) is 6.20 Å². The van der Waals surface area contributed by atoms with E-state index in [2.05, 4.69) is 15.3 Å². The minimum Gasteiger partial charge on any atom is -0.340 e. The summed E-state index contributed by atoms with van der Waals surface area (Å²) in [7, 11) is 0. The van der Waals surface area contributed by atoms with Gasteiger partial charge >= 0.3 is 0 Å². The fourth-order valence-electron chi connectivity index (χ4n) is 1.78. The summed E-state index contributed by atoms with van der Waals surface area (Å²) in [6.07, 6.45) is 4.92. The Balaban J connectivity index is 2.07. The van der Waals surface area contributed by atoms with Crippen molar-refractivity contribution in [3.8, 4) is 0 Å². The summed E-state index contributed by atoms with van der Waals surface area (Å²) in [5.74, 6) is 0.583. The van der Waals surface area contributed by atoms with Crippen molar-refractivity contribution < 1.29 is 4.79 Å². The first-order chi connectivity index (χ1) is 6.77. The largest absolute Gasteiger partial charge is 0.340 e. The first-order valence-electron chi connectivity index (χ1n) is 5.06. The number of carbonyl (C=O) groups is 1. The van der Waals surface area contributed by atoms with Gasteiger partial charge in [0.1, 0.15) is 0 Å². The number of aromatic amines is 1. The van der Waals surface area contributed by atoms with Crippen LogP contribution in [0.2, 0.25) is 0 Å². The number of rotatable bonds is 2. The van der Waals surface area contributed by atoms with Crippen LogP contribution < -0.4 is 5.32 Å². The van der Waals surface area contributed by atoms with Crippen LogP contribution in [0.1, 0.15) is 35.6 Å². The van der Waals surface area contributed by atoms with Crippen molar-refractivity contribution in [1.82, 2.24) is 15.3 Å². The molecule has 1 unspecified atom stereocenters. The van der Waals surface area contributed by atoms with Gasteiger partial charge in [0.05, 0.1) is 6.04 Å². The van der Waals surface area contributed by atoms with Crippen LogP contribution in [0, 0.1) is 6.92 Å². The monoisotopic (exact) mass is 193 g/mol. The third-order valence-electron chi connectivity index (χ3n) is 2.56. The first kappa shape index (κ1) is 9.40. The highest BCUT2D eigenvalue weighted by Gasteiger charge is 2.23. The van der Waals surface area contributed by atoms with Crippen LogP contribution >= 0.6 is 0 Å². The highest BCUT2D eigenvalue weighted by Crippen LogP contribution is 2.11. The number of carbonyl (C=O) groups excluding carboxylic acids is 1. The van der Waals surface area contributed by atoms with E-state index in [4.69, 9.17) is 0 Å². The van der Waals surface area contributed by atoms with Gasteiger partial charge in [0.15, 0.2) is 5.82 Å². The van der Waals surface area contributed by atoms with Crippen LogP contribution in [-0.2, 0) is 0 Å². The maximum atomic E-state index is 11.9. The number of ketones is 1. The number of aryl methyl sites for hydroxylation is 1. The lowest BCUT2D eigenvalue weighted by Gasteiger charge is -2.20. The molecule has 2 N–H and O–H groups in total. The van der Waals surface area contributed by atoms with Gasteiger partial charge in [-0.1, -0.05) is 6.42 Å². The average molecular weight is 193 g/mol. The van der Waals surface area contributed by atoms with E-state index in [9.17, 15) is 4.79 Å². The number of aromatic nitrogens is 2. The summed E-state index contributed by atoms with van der Waals surface area (Å²) in [4.78, 5) is 18.9. The summed E-state index contributed by atoms with van der Waals surface area (Å²) < 4.78 is 0. The highest BCUT2D eigenvalue weighted by atomic mass is 16.1. The first-order valence-corrected chi connectivity index (χ1v) is 5.06. The van der Waals surface area contributed by atoms with Gasteiger partial charge in [0.25, 0.3) is 0 Å². The summed E-state index contributed by atoms with van der Waals surface area (Å²) in [5.41, 5.74) is 0.934. The summed E-state index contributed by atoms with van der Waals surface area (Å²) in [5, 5.41) is 3.22. The SMILES string of the molecule is Cc1cnc(C(=O)C2CCCCN2)[nH]1. The zero-order valence-corrected chi connectivity index (χ0v) is 8.34. The van der Waals surface area contributed by atoms with Gasteiger partial charge in [-0.2, -0.15) is 0 Å². The molecule has 0 spiro atoms. The van der Waals surface area contributed by atoms with Crippen LogP contribution in [-0.4, -0.2) is 28.3 Å². The molecule has 1 aliphatic rings. The molecule has 0 radical (unpaired) electrons. The normalized spacial score (nSPS) is 22.2. The second kappa shape index (κ2) is 3.92. The Hall–Kier alpha value is -1.16. The Morgan fingerprint density at radius 3 is 3.00 bits per heavy atom. The molecular weight excluding hydrogens is 178 g/mol. The Labute approximate surface area is 83.1 Å². The third kappa shape index (κ3) is 1.85. The third-order valence-corrected chi connectivity index (χ3v) is 2.56. The number of hydrogen-bond donors (Lipinski definition) is 2. The molecule has 0 aliphatic carbocycles. The molecule has 1 atom stereocenters. The standard InChI is InChI=1S/C10H15N3O/c1-7-6-12-10(13-7)9(14)8-4-2-3-5-11-8/h6,8,11H,2-5H2,1H3,(H,12,13). The molecule has 2 rings (SSSR count). The Morgan fingerprint density at radius 2 is 2.43 bits per heavy atom. The van der Waals surface area contributed by atoms with Crippen molar-refractivity contribution in [2.45, 2.75) is 32.2 Å². The number of nitrogens with zero attached hydrogens (tertiary/aromatic N) is 1. The summed E-state index contributed by atoms with van der Waals surface area (Å²) >= 11 is 0. The predicted octanol–water partition coefficient (Wildman–Crippen LogP) is 1.04. The van der Waals surface area contributed by atoms with E-state index < -0.39 is 0 Å². The van der Waals surface area contributed by atoms with Crippen molar-refractivity contribution in [3.05, 3.63) is 17.7 Å². The highest BCUT2D eigenvalue weighted by molar-refractivity contribution is 5.97. The molecule has 14 heavy (non-hydrogen) atoms. The van der Waals surface area contributed by atoms with Gasteiger partial charge < -0.3 is 10.3 Å². The average Bonchev–Trinajstić information content (AvgIpc) is 2.65.